The number of urea groups is 1. The summed E-state index contributed by atoms with van der Waals surface area (Å²) in [5.41, 5.74) is 0. The van der Waals surface area contributed by atoms with Crippen molar-refractivity contribution >= 4 is 34.6 Å². The van der Waals surface area contributed by atoms with Gasteiger partial charge < -0.3 is 10.4 Å². The van der Waals surface area contributed by atoms with E-state index in [2.05, 4.69) is 5.32 Å². The van der Waals surface area contributed by atoms with Crippen molar-refractivity contribution in [2.45, 2.75) is 24.8 Å². The highest BCUT2D eigenvalue weighted by molar-refractivity contribution is 8.00. The maximum absolute atomic E-state index is 12.0. The lowest BCUT2D eigenvalue weighted by atomic mass is 10.3. The average Bonchev–Trinajstić information content (AvgIpc) is 2.71. The molecule has 6 nitrogen and oxygen atoms in total. The first-order valence-electron chi connectivity index (χ1n) is 5.68. The third-order valence-corrected chi connectivity index (χ3v) is 4.86. The molecule has 0 aromatic heterocycles. The maximum atomic E-state index is 12.0. The number of amides is 2. The third kappa shape index (κ3) is 3.88. The Morgan fingerprint density at radius 2 is 2.22 bits per heavy atom. The summed E-state index contributed by atoms with van der Waals surface area (Å²) in [6, 6.07) is -1.16. The van der Waals surface area contributed by atoms with Crippen LogP contribution in [0, 0.1) is 0 Å². The molecule has 104 valence electrons. The van der Waals surface area contributed by atoms with E-state index < -0.39 is 22.8 Å². The smallest absolute Gasteiger partial charge is 0.327 e. The summed E-state index contributed by atoms with van der Waals surface area (Å²) in [6.45, 7) is 2.22. The van der Waals surface area contributed by atoms with Gasteiger partial charge in [0, 0.05) is 35.1 Å². The van der Waals surface area contributed by atoms with Crippen LogP contribution in [0.5, 0.6) is 0 Å². The molecule has 0 spiro atoms. The number of nitrogens with one attached hydrogen (secondary N) is 1. The molecule has 3 atom stereocenters. The van der Waals surface area contributed by atoms with Crippen molar-refractivity contribution in [3.63, 3.8) is 0 Å². The van der Waals surface area contributed by atoms with Crippen molar-refractivity contribution in [2.75, 3.05) is 24.3 Å². The van der Waals surface area contributed by atoms with Gasteiger partial charge in [0.2, 0.25) is 0 Å². The van der Waals surface area contributed by atoms with Crippen LogP contribution in [0.1, 0.15) is 13.3 Å². The average molecular weight is 294 g/mol. The summed E-state index contributed by atoms with van der Waals surface area (Å²) in [6.07, 6.45) is 2.27. The fraction of sp³-hybridized carbons (Fsp3) is 0.800. The minimum absolute atomic E-state index is 0.0989. The SMILES string of the molecule is CCC1SCC(C(=O)O)N1C(=O)NCCS(C)=O. The monoisotopic (exact) mass is 294 g/mol. The van der Waals surface area contributed by atoms with Gasteiger partial charge >= 0.3 is 12.0 Å². The summed E-state index contributed by atoms with van der Waals surface area (Å²) in [7, 11) is -0.966. The lowest BCUT2D eigenvalue weighted by molar-refractivity contribution is -0.141. The molecule has 0 aliphatic carbocycles. The van der Waals surface area contributed by atoms with Crippen molar-refractivity contribution in [3.8, 4) is 0 Å². The predicted octanol–water partition coefficient (Wildman–Crippen LogP) is 0.313. The molecule has 0 bridgehead atoms. The number of carbonyl (C=O) groups is 2. The molecular formula is C10H18N2O4S2. The minimum atomic E-state index is -0.979. The summed E-state index contributed by atoms with van der Waals surface area (Å²) in [4.78, 5) is 24.4. The van der Waals surface area contributed by atoms with E-state index in [0.29, 0.717) is 24.5 Å². The number of thioether (sulfide) groups is 1. The summed E-state index contributed by atoms with van der Waals surface area (Å²) < 4.78 is 10.9. The van der Waals surface area contributed by atoms with Gasteiger partial charge in [-0.3, -0.25) is 9.11 Å². The second kappa shape index (κ2) is 6.98. The fourth-order valence-corrected chi connectivity index (χ4v) is 3.47. The van der Waals surface area contributed by atoms with E-state index >= 15 is 0 Å². The number of rotatable bonds is 5. The van der Waals surface area contributed by atoms with Gasteiger partial charge in [-0.1, -0.05) is 6.92 Å². The highest BCUT2D eigenvalue weighted by Gasteiger charge is 2.40. The lowest BCUT2D eigenvalue weighted by Crippen LogP contribution is -2.50. The number of nitrogens with zero attached hydrogens (tertiary/aromatic N) is 1. The Morgan fingerprint density at radius 3 is 2.72 bits per heavy atom. The summed E-state index contributed by atoms with van der Waals surface area (Å²) >= 11 is 1.48. The standard InChI is InChI=1S/C10H18N2O4S2/c1-3-8-12(7(6-17-8)9(13)14)10(15)11-4-5-18(2)16/h7-8H,3-6H2,1-2H3,(H,11,15)(H,13,14). The van der Waals surface area contributed by atoms with E-state index in [4.69, 9.17) is 5.11 Å². The van der Waals surface area contributed by atoms with Gasteiger partial charge in [-0.25, -0.2) is 9.59 Å². The largest absolute Gasteiger partial charge is 0.480 e. The molecule has 2 N–H and O–H groups in total. The van der Waals surface area contributed by atoms with Gasteiger partial charge in [-0.05, 0) is 6.42 Å². The lowest BCUT2D eigenvalue weighted by Gasteiger charge is -2.26. The van der Waals surface area contributed by atoms with Crippen molar-refractivity contribution in [2.24, 2.45) is 0 Å². The minimum Gasteiger partial charge on any atom is -0.480 e. The number of hydrogen-bond acceptors (Lipinski definition) is 4. The number of hydrogen-bond donors (Lipinski definition) is 2. The van der Waals surface area contributed by atoms with Crippen LogP contribution in [0.2, 0.25) is 0 Å². The zero-order valence-electron chi connectivity index (χ0n) is 10.4. The first-order chi connectivity index (χ1) is 8.47. The molecule has 18 heavy (non-hydrogen) atoms. The van der Waals surface area contributed by atoms with E-state index in [-0.39, 0.29) is 11.4 Å². The molecule has 0 aromatic carbocycles. The van der Waals surface area contributed by atoms with Gasteiger partial charge in [0.25, 0.3) is 0 Å². The second-order valence-electron chi connectivity index (χ2n) is 3.97. The summed E-state index contributed by atoms with van der Waals surface area (Å²) in [5, 5.41) is 11.6. The fourth-order valence-electron chi connectivity index (χ4n) is 1.73. The Kier molecular flexibility index (Phi) is 5.94. The van der Waals surface area contributed by atoms with Crippen molar-refractivity contribution in [3.05, 3.63) is 0 Å². The molecule has 0 saturated carbocycles. The van der Waals surface area contributed by atoms with Crippen LogP contribution in [0.4, 0.5) is 4.79 Å². The highest BCUT2D eigenvalue weighted by Crippen LogP contribution is 2.31. The van der Waals surface area contributed by atoms with E-state index in [1.165, 1.54) is 16.7 Å². The first-order valence-corrected chi connectivity index (χ1v) is 8.45. The van der Waals surface area contributed by atoms with Crippen molar-refractivity contribution in [1.82, 2.24) is 10.2 Å². The number of aliphatic carboxylic acids is 1. The van der Waals surface area contributed by atoms with Gasteiger partial charge in [-0.2, -0.15) is 0 Å². The highest BCUT2D eigenvalue weighted by atomic mass is 32.2. The molecule has 1 fully saturated rings. The zero-order valence-corrected chi connectivity index (χ0v) is 12.1. The van der Waals surface area contributed by atoms with Crippen LogP contribution in [0.15, 0.2) is 0 Å². The number of carboxylic acid groups (broad SMARTS) is 1. The van der Waals surface area contributed by atoms with E-state index in [1.54, 1.807) is 6.26 Å². The second-order valence-corrected chi connectivity index (χ2v) is 6.73. The van der Waals surface area contributed by atoms with Gasteiger partial charge in [0.05, 0.1) is 5.37 Å². The van der Waals surface area contributed by atoms with Crippen molar-refractivity contribution < 1.29 is 18.9 Å². The van der Waals surface area contributed by atoms with E-state index in [9.17, 15) is 13.8 Å². The maximum Gasteiger partial charge on any atom is 0.327 e. The molecule has 3 unspecified atom stereocenters. The Balaban J connectivity index is 2.60. The zero-order chi connectivity index (χ0) is 13.7. The van der Waals surface area contributed by atoms with Gasteiger partial charge in [0.1, 0.15) is 6.04 Å². The van der Waals surface area contributed by atoms with Crippen LogP contribution in [-0.4, -0.2) is 61.9 Å². The molecule has 1 heterocycles. The van der Waals surface area contributed by atoms with Crippen LogP contribution in [0.25, 0.3) is 0 Å². The van der Waals surface area contributed by atoms with Crippen LogP contribution in [-0.2, 0) is 15.6 Å². The van der Waals surface area contributed by atoms with Gasteiger partial charge in [-0.15, -0.1) is 11.8 Å². The molecule has 1 aliphatic heterocycles. The Hall–Kier alpha value is -0.760. The van der Waals surface area contributed by atoms with Crippen LogP contribution < -0.4 is 5.32 Å². The Labute approximate surface area is 113 Å². The van der Waals surface area contributed by atoms with Crippen LogP contribution in [0.3, 0.4) is 0 Å². The molecule has 8 heteroatoms. The molecule has 0 aromatic rings. The van der Waals surface area contributed by atoms with E-state index in [0.717, 1.165) is 0 Å². The first kappa shape index (κ1) is 15.3. The summed E-state index contributed by atoms with van der Waals surface area (Å²) in [5.74, 6) is -0.185. The predicted molar refractivity (Wildman–Crippen MR) is 72.1 cm³/mol. The van der Waals surface area contributed by atoms with E-state index in [1.807, 2.05) is 6.92 Å². The molecule has 0 radical (unpaired) electrons. The molecule has 1 rings (SSSR count). The third-order valence-electron chi connectivity index (χ3n) is 2.63. The topological polar surface area (TPSA) is 86.7 Å². The number of carboxylic acids is 1. The molecule has 1 aliphatic rings. The molecular weight excluding hydrogens is 276 g/mol. The Morgan fingerprint density at radius 1 is 1.56 bits per heavy atom. The van der Waals surface area contributed by atoms with Crippen LogP contribution >= 0.6 is 11.8 Å². The molecule has 1 saturated heterocycles. The number of carbonyl (C=O) groups excluding carboxylic acids is 1. The normalized spacial score (nSPS) is 24.9. The Bertz CT molecular complexity index is 351. The quantitative estimate of drug-likeness (QED) is 0.762. The van der Waals surface area contributed by atoms with Gasteiger partial charge in [0.15, 0.2) is 0 Å². The van der Waals surface area contributed by atoms with Crippen molar-refractivity contribution in [1.29, 1.82) is 0 Å². The molecule has 2 amide bonds.